The van der Waals surface area contributed by atoms with E-state index in [1.165, 1.54) is 7.11 Å². The van der Waals surface area contributed by atoms with E-state index in [1.807, 2.05) is 0 Å². The Morgan fingerprint density at radius 1 is 1.23 bits per heavy atom. The Morgan fingerprint density at radius 2 is 1.85 bits per heavy atom. The summed E-state index contributed by atoms with van der Waals surface area (Å²) in [7, 11) is 1.34. The summed E-state index contributed by atoms with van der Waals surface area (Å²) in [5, 5.41) is 28.0. The van der Waals surface area contributed by atoms with Crippen molar-refractivity contribution in [2.75, 3.05) is 13.7 Å². The van der Waals surface area contributed by atoms with Crippen LogP contribution in [0.3, 0.4) is 0 Å². The summed E-state index contributed by atoms with van der Waals surface area (Å²) >= 11 is 0. The zero-order valence-corrected chi connectivity index (χ0v) is 7.33. The summed E-state index contributed by atoms with van der Waals surface area (Å²) in [5.41, 5.74) is 5.28. The number of rotatable bonds is 2. The Kier molecular flexibility index (Phi) is 3.60. The lowest BCUT2D eigenvalue weighted by atomic mass is 9.99. The number of ether oxygens (including phenoxy) is 2. The largest absolute Gasteiger partial charge is 0.388 e. The topological polar surface area (TPSA) is 105 Å². The molecule has 1 aliphatic rings. The molecule has 0 spiro atoms. The minimum absolute atomic E-state index is 0.0603. The minimum atomic E-state index is -1.28. The van der Waals surface area contributed by atoms with Gasteiger partial charge in [0.05, 0.1) is 0 Å². The van der Waals surface area contributed by atoms with Crippen molar-refractivity contribution >= 4 is 0 Å². The first kappa shape index (κ1) is 10.8. The van der Waals surface area contributed by atoms with Gasteiger partial charge < -0.3 is 30.5 Å². The molecule has 1 aliphatic heterocycles. The van der Waals surface area contributed by atoms with Crippen molar-refractivity contribution in [3.63, 3.8) is 0 Å². The molecule has 0 radical (unpaired) electrons. The summed E-state index contributed by atoms with van der Waals surface area (Å²) in [6.45, 7) is 0.0603. The summed E-state index contributed by atoms with van der Waals surface area (Å²) in [6, 6.07) is 0. The van der Waals surface area contributed by atoms with Crippen LogP contribution in [-0.4, -0.2) is 59.7 Å². The molecule has 0 aromatic rings. The molecule has 13 heavy (non-hydrogen) atoms. The maximum Gasteiger partial charge on any atom is 0.186 e. The van der Waals surface area contributed by atoms with Gasteiger partial charge in [0.2, 0.25) is 0 Å². The Balaban J connectivity index is 2.66. The normalized spacial score (nSPS) is 46.4. The second kappa shape index (κ2) is 4.32. The molecule has 0 aliphatic carbocycles. The van der Waals surface area contributed by atoms with Gasteiger partial charge in [-0.25, -0.2) is 0 Å². The van der Waals surface area contributed by atoms with Crippen molar-refractivity contribution in [2.24, 2.45) is 5.73 Å². The maximum atomic E-state index is 9.35. The second-order valence-electron chi connectivity index (χ2n) is 2.99. The Hall–Kier alpha value is -0.240. The Morgan fingerprint density at radius 3 is 2.31 bits per heavy atom. The molecule has 1 rings (SSSR count). The van der Waals surface area contributed by atoms with Crippen LogP contribution in [0.25, 0.3) is 0 Å². The van der Waals surface area contributed by atoms with Crippen LogP contribution >= 0.6 is 0 Å². The number of aliphatic hydroxyl groups excluding tert-OH is 3. The van der Waals surface area contributed by atoms with Crippen LogP contribution in [0.15, 0.2) is 0 Å². The van der Waals surface area contributed by atoms with Crippen LogP contribution in [0, 0.1) is 0 Å². The van der Waals surface area contributed by atoms with Crippen LogP contribution in [0.5, 0.6) is 0 Å². The Labute approximate surface area is 75.9 Å². The van der Waals surface area contributed by atoms with Crippen LogP contribution < -0.4 is 5.73 Å². The number of aliphatic hydroxyl groups is 3. The van der Waals surface area contributed by atoms with E-state index in [4.69, 9.17) is 15.2 Å². The number of hydrogen-bond donors (Lipinski definition) is 4. The Bertz CT molecular complexity index is 147. The molecule has 1 saturated heterocycles. The smallest absolute Gasteiger partial charge is 0.186 e. The van der Waals surface area contributed by atoms with Gasteiger partial charge >= 0.3 is 0 Å². The van der Waals surface area contributed by atoms with Gasteiger partial charge in [-0.15, -0.1) is 0 Å². The third-order valence-corrected chi connectivity index (χ3v) is 2.13. The fourth-order valence-electron chi connectivity index (χ4n) is 1.31. The molecule has 0 bridgehead atoms. The minimum Gasteiger partial charge on any atom is -0.388 e. The average molecular weight is 193 g/mol. The van der Waals surface area contributed by atoms with E-state index in [0.717, 1.165) is 0 Å². The zero-order chi connectivity index (χ0) is 10.0. The highest BCUT2D eigenvalue weighted by Crippen LogP contribution is 2.20. The van der Waals surface area contributed by atoms with E-state index < -0.39 is 30.7 Å². The number of methoxy groups -OCH3 is 1. The van der Waals surface area contributed by atoms with Crippen molar-refractivity contribution < 1.29 is 24.8 Å². The molecule has 2 unspecified atom stereocenters. The third-order valence-electron chi connectivity index (χ3n) is 2.13. The number of hydrogen-bond acceptors (Lipinski definition) is 6. The molecule has 0 saturated carbocycles. The molecule has 5 atom stereocenters. The first-order valence-electron chi connectivity index (χ1n) is 4.04. The molecule has 0 aromatic carbocycles. The van der Waals surface area contributed by atoms with E-state index in [1.54, 1.807) is 0 Å². The predicted molar refractivity (Wildman–Crippen MR) is 42.7 cm³/mol. The molecule has 5 N–H and O–H groups in total. The van der Waals surface area contributed by atoms with Crippen LogP contribution in [0.2, 0.25) is 0 Å². The molecule has 1 heterocycles. The highest BCUT2D eigenvalue weighted by Gasteiger charge is 2.43. The van der Waals surface area contributed by atoms with Crippen LogP contribution in [-0.2, 0) is 9.47 Å². The molecular weight excluding hydrogens is 178 g/mol. The lowest BCUT2D eigenvalue weighted by Gasteiger charge is -2.39. The van der Waals surface area contributed by atoms with Crippen LogP contribution in [0.4, 0.5) is 0 Å². The van der Waals surface area contributed by atoms with Gasteiger partial charge in [0.15, 0.2) is 6.29 Å². The van der Waals surface area contributed by atoms with Crippen LogP contribution in [0.1, 0.15) is 0 Å². The van der Waals surface area contributed by atoms with Crippen molar-refractivity contribution in [1.29, 1.82) is 0 Å². The second-order valence-corrected chi connectivity index (χ2v) is 2.99. The molecule has 6 nitrogen and oxygen atoms in total. The molecule has 1 fully saturated rings. The summed E-state index contributed by atoms with van der Waals surface area (Å²) < 4.78 is 9.83. The van der Waals surface area contributed by atoms with Crippen molar-refractivity contribution in [1.82, 2.24) is 0 Å². The van der Waals surface area contributed by atoms with E-state index in [-0.39, 0.29) is 6.54 Å². The van der Waals surface area contributed by atoms with Gasteiger partial charge in [-0.3, -0.25) is 0 Å². The SMILES string of the molecule is COC1O[C@H](CN)[C@@H](O)C(O)[C@@H]1O. The molecule has 0 amide bonds. The van der Waals surface area contributed by atoms with E-state index >= 15 is 0 Å². The van der Waals surface area contributed by atoms with Crippen molar-refractivity contribution in [3.05, 3.63) is 0 Å². The molecule has 78 valence electrons. The summed E-state index contributed by atoms with van der Waals surface area (Å²) in [6.07, 6.45) is -5.35. The fourth-order valence-corrected chi connectivity index (χ4v) is 1.31. The third kappa shape index (κ3) is 1.98. The number of nitrogens with two attached hydrogens (primary N) is 1. The average Bonchev–Trinajstić information content (AvgIpc) is 2.15. The lowest BCUT2D eigenvalue weighted by Crippen LogP contribution is -2.59. The fraction of sp³-hybridized carbons (Fsp3) is 1.00. The van der Waals surface area contributed by atoms with Gasteiger partial charge in [0, 0.05) is 13.7 Å². The van der Waals surface area contributed by atoms with Gasteiger partial charge in [-0.1, -0.05) is 0 Å². The zero-order valence-electron chi connectivity index (χ0n) is 7.33. The summed E-state index contributed by atoms with van der Waals surface area (Å²) in [4.78, 5) is 0. The molecule has 6 heteroatoms. The monoisotopic (exact) mass is 193 g/mol. The predicted octanol–water partition coefficient (Wildman–Crippen LogP) is -2.60. The maximum absolute atomic E-state index is 9.35. The van der Waals surface area contributed by atoms with Gasteiger partial charge in [-0.2, -0.15) is 0 Å². The first-order chi connectivity index (χ1) is 6.11. The standard InChI is InChI=1S/C7H15NO5/c1-12-7-6(11)5(10)4(9)3(2-8)13-7/h3-7,9-11H,2,8H2,1H3/t3-,4-,5?,6+,7?/m1/s1. The van der Waals surface area contributed by atoms with Gasteiger partial charge in [0.25, 0.3) is 0 Å². The first-order valence-corrected chi connectivity index (χ1v) is 4.04. The van der Waals surface area contributed by atoms with Crippen molar-refractivity contribution in [2.45, 2.75) is 30.7 Å². The quantitative estimate of drug-likeness (QED) is 0.383. The highest BCUT2D eigenvalue weighted by molar-refractivity contribution is 4.89. The molecule has 0 aromatic heterocycles. The summed E-state index contributed by atoms with van der Waals surface area (Å²) in [5.74, 6) is 0. The van der Waals surface area contributed by atoms with Gasteiger partial charge in [0.1, 0.15) is 24.4 Å². The van der Waals surface area contributed by atoms with E-state index in [0.29, 0.717) is 0 Å². The highest BCUT2D eigenvalue weighted by atomic mass is 16.7. The van der Waals surface area contributed by atoms with Gasteiger partial charge in [-0.05, 0) is 0 Å². The van der Waals surface area contributed by atoms with E-state index in [2.05, 4.69) is 0 Å². The van der Waals surface area contributed by atoms with Crippen molar-refractivity contribution in [3.8, 4) is 0 Å². The van der Waals surface area contributed by atoms with E-state index in [9.17, 15) is 15.3 Å². The lowest BCUT2D eigenvalue weighted by molar-refractivity contribution is -0.287. The molecular formula is C7H15NO5.